The summed E-state index contributed by atoms with van der Waals surface area (Å²) in [5, 5.41) is 12.1. The first kappa shape index (κ1) is 14.6. The minimum absolute atomic E-state index is 0.324. The smallest absolute Gasteiger partial charge is 0.319 e. The van der Waals surface area contributed by atoms with Gasteiger partial charge in [-0.05, 0) is 31.7 Å². The Bertz CT molecular complexity index is 504. The Morgan fingerprint density at radius 2 is 2.00 bits per heavy atom. The van der Waals surface area contributed by atoms with E-state index in [2.05, 4.69) is 11.4 Å². The first-order chi connectivity index (χ1) is 9.54. The van der Waals surface area contributed by atoms with Crippen LogP contribution >= 0.6 is 0 Å². The molecule has 4 heteroatoms. The second-order valence-corrected chi connectivity index (χ2v) is 5.59. The van der Waals surface area contributed by atoms with E-state index >= 15 is 0 Å². The van der Waals surface area contributed by atoms with Gasteiger partial charge < -0.3 is 10.4 Å². The Kier molecular flexibility index (Phi) is 4.42. The van der Waals surface area contributed by atoms with Crippen LogP contribution in [-0.2, 0) is 16.0 Å². The van der Waals surface area contributed by atoms with Gasteiger partial charge in [-0.2, -0.15) is 0 Å². The summed E-state index contributed by atoms with van der Waals surface area (Å²) in [6.45, 7) is 2.51. The largest absolute Gasteiger partial charge is 0.480 e. The Labute approximate surface area is 119 Å². The average Bonchev–Trinajstić information content (AvgIpc) is 2.89. The highest BCUT2D eigenvalue weighted by Gasteiger charge is 2.47. The third-order valence-electron chi connectivity index (χ3n) is 4.08. The number of aryl methyl sites for hydroxylation is 1. The van der Waals surface area contributed by atoms with E-state index in [4.69, 9.17) is 0 Å². The highest BCUT2D eigenvalue weighted by Crippen LogP contribution is 2.38. The van der Waals surface area contributed by atoms with Gasteiger partial charge in [-0.3, -0.25) is 9.59 Å². The SMILES string of the molecule is Cc1cccc(CCNC(=O)C2(C(=O)O)CCCC2)c1. The minimum atomic E-state index is -1.19. The van der Waals surface area contributed by atoms with Gasteiger partial charge in [0, 0.05) is 6.54 Å². The average molecular weight is 275 g/mol. The predicted molar refractivity (Wildman–Crippen MR) is 76.4 cm³/mol. The van der Waals surface area contributed by atoms with Crippen LogP contribution in [0, 0.1) is 12.3 Å². The molecule has 0 aromatic heterocycles. The number of carbonyl (C=O) groups excluding carboxylic acids is 1. The molecule has 1 saturated carbocycles. The third-order valence-corrected chi connectivity index (χ3v) is 4.08. The van der Waals surface area contributed by atoms with E-state index in [1.807, 2.05) is 25.1 Å². The lowest BCUT2D eigenvalue weighted by Gasteiger charge is -2.22. The molecule has 20 heavy (non-hydrogen) atoms. The number of nitrogens with one attached hydrogen (secondary N) is 1. The van der Waals surface area contributed by atoms with Crippen molar-refractivity contribution < 1.29 is 14.7 Å². The van der Waals surface area contributed by atoms with Crippen LogP contribution in [0.5, 0.6) is 0 Å². The van der Waals surface area contributed by atoms with Crippen LogP contribution in [0.4, 0.5) is 0 Å². The van der Waals surface area contributed by atoms with Crippen LogP contribution in [0.25, 0.3) is 0 Å². The zero-order valence-electron chi connectivity index (χ0n) is 11.8. The molecule has 0 unspecified atom stereocenters. The van der Waals surface area contributed by atoms with Crippen LogP contribution in [0.3, 0.4) is 0 Å². The maximum absolute atomic E-state index is 12.2. The molecule has 108 valence electrons. The molecule has 1 aromatic rings. The van der Waals surface area contributed by atoms with Crippen molar-refractivity contribution in [2.75, 3.05) is 6.54 Å². The van der Waals surface area contributed by atoms with Gasteiger partial charge in [-0.25, -0.2) is 0 Å². The summed E-state index contributed by atoms with van der Waals surface area (Å²) in [4.78, 5) is 23.6. The lowest BCUT2D eigenvalue weighted by atomic mass is 9.85. The summed E-state index contributed by atoms with van der Waals surface area (Å²) in [6, 6.07) is 8.11. The summed E-state index contributed by atoms with van der Waals surface area (Å²) in [7, 11) is 0. The number of carboxylic acids is 1. The van der Waals surface area contributed by atoms with Crippen LogP contribution in [-0.4, -0.2) is 23.5 Å². The van der Waals surface area contributed by atoms with E-state index in [0.29, 0.717) is 19.4 Å². The number of carbonyl (C=O) groups is 2. The normalized spacial score (nSPS) is 16.9. The second-order valence-electron chi connectivity index (χ2n) is 5.59. The molecule has 0 radical (unpaired) electrons. The van der Waals surface area contributed by atoms with Crippen molar-refractivity contribution in [3.8, 4) is 0 Å². The number of hydrogen-bond acceptors (Lipinski definition) is 2. The third kappa shape index (κ3) is 3.00. The van der Waals surface area contributed by atoms with E-state index in [0.717, 1.165) is 24.8 Å². The number of amides is 1. The summed E-state index contributed by atoms with van der Waals surface area (Å²) >= 11 is 0. The van der Waals surface area contributed by atoms with Crippen LogP contribution in [0.15, 0.2) is 24.3 Å². The number of rotatable bonds is 5. The zero-order valence-corrected chi connectivity index (χ0v) is 11.8. The summed E-state index contributed by atoms with van der Waals surface area (Å²) in [6.07, 6.45) is 3.27. The summed E-state index contributed by atoms with van der Waals surface area (Å²) in [5.41, 5.74) is 1.15. The Morgan fingerprint density at radius 3 is 2.60 bits per heavy atom. The van der Waals surface area contributed by atoms with Crippen LogP contribution in [0.1, 0.15) is 36.8 Å². The summed E-state index contributed by atoms with van der Waals surface area (Å²) in [5.74, 6) is -1.31. The monoisotopic (exact) mass is 275 g/mol. The zero-order chi connectivity index (χ0) is 14.6. The maximum atomic E-state index is 12.2. The first-order valence-electron chi connectivity index (χ1n) is 7.12. The number of carboxylic acid groups (broad SMARTS) is 1. The molecular formula is C16H21NO3. The molecule has 0 spiro atoms. The van der Waals surface area contributed by atoms with E-state index < -0.39 is 11.4 Å². The van der Waals surface area contributed by atoms with Gasteiger partial charge in [0.25, 0.3) is 0 Å². The molecule has 0 bridgehead atoms. The number of benzene rings is 1. The maximum Gasteiger partial charge on any atom is 0.319 e. The van der Waals surface area contributed by atoms with Crippen molar-refractivity contribution in [3.63, 3.8) is 0 Å². The lowest BCUT2D eigenvalue weighted by molar-refractivity contribution is -0.155. The molecule has 1 amide bonds. The highest BCUT2D eigenvalue weighted by atomic mass is 16.4. The molecule has 1 aromatic carbocycles. The fourth-order valence-corrected chi connectivity index (χ4v) is 2.87. The van der Waals surface area contributed by atoms with E-state index in [9.17, 15) is 14.7 Å². The Balaban J connectivity index is 1.90. The Hall–Kier alpha value is -1.84. The number of aliphatic carboxylic acids is 1. The molecule has 0 heterocycles. The van der Waals surface area contributed by atoms with Gasteiger partial charge in [0.15, 0.2) is 0 Å². The standard InChI is InChI=1S/C16H21NO3/c1-12-5-4-6-13(11-12)7-10-17-14(18)16(15(19)20)8-2-3-9-16/h4-6,11H,2-3,7-10H2,1H3,(H,17,18)(H,19,20). The van der Waals surface area contributed by atoms with Crippen molar-refractivity contribution >= 4 is 11.9 Å². The minimum Gasteiger partial charge on any atom is -0.480 e. The van der Waals surface area contributed by atoms with Gasteiger partial charge in [0.05, 0.1) is 0 Å². The van der Waals surface area contributed by atoms with Gasteiger partial charge in [-0.15, -0.1) is 0 Å². The van der Waals surface area contributed by atoms with Gasteiger partial charge in [0.2, 0.25) is 5.91 Å². The molecule has 1 aliphatic carbocycles. The molecule has 2 N–H and O–H groups in total. The van der Waals surface area contributed by atoms with Crippen LogP contribution < -0.4 is 5.32 Å². The van der Waals surface area contributed by atoms with Crippen LogP contribution in [0.2, 0.25) is 0 Å². The van der Waals surface area contributed by atoms with E-state index in [1.165, 1.54) is 5.56 Å². The van der Waals surface area contributed by atoms with E-state index in [1.54, 1.807) is 0 Å². The van der Waals surface area contributed by atoms with Gasteiger partial charge >= 0.3 is 5.97 Å². The molecule has 0 atom stereocenters. The lowest BCUT2D eigenvalue weighted by Crippen LogP contribution is -2.45. The molecule has 0 aliphatic heterocycles. The first-order valence-corrected chi connectivity index (χ1v) is 7.12. The molecule has 1 aliphatic rings. The van der Waals surface area contributed by atoms with Crippen molar-refractivity contribution in [1.82, 2.24) is 5.32 Å². The van der Waals surface area contributed by atoms with Gasteiger partial charge in [-0.1, -0.05) is 42.7 Å². The molecule has 1 fully saturated rings. The highest BCUT2D eigenvalue weighted by molar-refractivity contribution is 6.02. The van der Waals surface area contributed by atoms with E-state index in [-0.39, 0.29) is 5.91 Å². The van der Waals surface area contributed by atoms with Crippen molar-refractivity contribution in [2.24, 2.45) is 5.41 Å². The number of hydrogen-bond donors (Lipinski definition) is 2. The van der Waals surface area contributed by atoms with Gasteiger partial charge in [0.1, 0.15) is 5.41 Å². The molecular weight excluding hydrogens is 254 g/mol. The predicted octanol–water partition coefficient (Wildman–Crippen LogP) is 2.30. The second kappa shape index (κ2) is 6.07. The van der Waals surface area contributed by atoms with Crippen molar-refractivity contribution in [2.45, 2.75) is 39.0 Å². The summed E-state index contributed by atoms with van der Waals surface area (Å²) < 4.78 is 0. The van der Waals surface area contributed by atoms with Crippen molar-refractivity contribution in [3.05, 3.63) is 35.4 Å². The Morgan fingerprint density at radius 1 is 1.30 bits per heavy atom. The molecule has 0 saturated heterocycles. The molecule has 2 rings (SSSR count). The molecule has 4 nitrogen and oxygen atoms in total. The van der Waals surface area contributed by atoms with Crippen molar-refractivity contribution in [1.29, 1.82) is 0 Å². The topological polar surface area (TPSA) is 66.4 Å². The quantitative estimate of drug-likeness (QED) is 0.810. The fourth-order valence-electron chi connectivity index (χ4n) is 2.87. The fraction of sp³-hybridized carbons (Fsp3) is 0.500.